The normalized spacial score (nSPS) is 10.2. The summed E-state index contributed by atoms with van der Waals surface area (Å²) in [6.45, 7) is 0. The van der Waals surface area contributed by atoms with Gasteiger partial charge in [0.2, 0.25) is 0 Å². The molecule has 2 aromatic carbocycles. The molecule has 0 atom stereocenters. The maximum absolute atomic E-state index is 5.31. The van der Waals surface area contributed by atoms with E-state index in [9.17, 15) is 0 Å². The van der Waals surface area contributed by atoms with Crippen LogP contribution in [0.4, 0.5) is 0 Å². The van der Waals surface area contributed by atoms with Crippen LogP contribution in [0.3, 0.4) is 0 Å². The van der Waals surface area contributed by atoms with Gasteiger partial charge in [-0.15, -0.1) is 0 Å². The quantitative estimate of drug-likeness (QED) is 0.786. The second-order valence-electron chi connectivity index (χ2n) is 3.90. The van der Waals surface area contributed by atoms with Gasteiger partial charge in [-0.25, -0.2) is 0 Å². The molecule has 3 heteroatoms. The van der Waals surface area contributed by atoms with Crippen LogP contribution in [0.2, 0.25) is 0 Å². The highest BCUT2D eigenvalue weighted by molar-refractivity contribution is 9.08. The molecule has 0 bridgehead atoms. The van der Waals surface area contributed by atoms with Crippen LogP contribution < -0.4 is 9.47 Å². The number of ether oxygens (including phenoxy) is 2. The second-order valence-corrected chi connectivity index (χ2v) is 4.46. The van der Waals surface area contributed by atoms with Crippen LogP contribution in [-0.2, 0) is 5.33 Å². The SMILES string of the molecule is COc1ccc(-c2ccc(CBr)cc2)cc1OC. The summed E-state index contributed by atoms with van der Waals surface area (Å²) in [5, 5.41) is 0.874. The van der Waals surface area contributed by atoms with Crippen LogP contribution >= 0.6 is 15.9 Å². The van der Waals surface area contributed by atoms with Gasteiger partial charge in [-0.3, -0.25) is 0 Å². The van der Waals surface area contributed by atoms with Gasteiger partial charge in [-0.2, -0.15) is 0 Å². The van der Waals surface area contributed by atoms with Crippen LogP contribution in [-0.4, -0.2) is 14.2 Å². The molecule has 18 heavy (non-hydrogen) atoms. The van der Waals surface area contributed by atoms with E-state index in [0.717, 1.165) is 22.4 Å². The summed E-state index contributed by atoms with van der Waals surface area (Å²) in [6.07, 6.45) is 0. The first-order valence-corrected chi connectivity index (χ1v) is 6.78. The molecule has 2 nitrogen and oxygen atoms in total. The summed E-state index contributed by atoms with van der Waals surface area (Å²) in [6, 6.07) is 14.4. The summed E-state index contributed by atoms with van der Waals surface area (Å²) < 4.78 is 10.5. The Morgan fingerprint density at radius 3 is 2.00 bits per heavy atom. The molecule has 0 unspecified atom stereocenters. The molecule has 0 aliphatic heterocycles. The van der Waals surface area contributed by atoms with Crippen molar-refractivity contribution >= 4 is 15.9 Å². The van der Waals surface area contributed by atoms with Crippen LogP contribution in [0, 0.1) is 0 Å². The van der Waals surface area contributed by atoms with E-state index in [1.54, 1.807) is 14.2 Å². The molecule has 2 aromatic rings. The molecule has 0 aromatic heterocycles. The van der Waals surface area contributed by atoms with Gasteiger partial charge in [-0.1, -0.05) is 46.3 Å². The molecule has 0 saturated heterocycles. The van der Waals surface area contributed by atoms with Gasteiger partial charge in [0.15, 0.2) is 11.5 Å². The van der Waals surface area contributed by atoms with E-state index in [2.05, 4.69) is 40.2 Å². The Labute approximate surface area is 116 Å². The number of benzene rings is 2. The Morgan fingerprint density at radius 2 is 1.44 bits per heavy atom. The largest absolute Gasteiger partial charge is 0.493 e. The number of halogens is 1. The van der Waals surface area contributed by atoms with Gasteiger partial charge >= 0.3 is 0 Å². The summed E-state index contributed by atoms with van der Waals surface area (Å²) in [7, 11) is 3.29. The number of hydrogen-bond donors (Lipinski definition) is 0. The lowest BCUT2D eigenvalue weighted by Gasteiger charge is -2.10. The molecule has 2 rings (SSSR count). The lowest BCUT2D eigenvalue weighted by molar-refractivity contribution is 0.355. The average molecular weight is 307 g/mol. The Bertz CT molecular complexity index is 521. The average Bonchev–Trinajstić information content (AvgIpc) is 2.46. The van der Waals surface area contributed by atoms with E-state index in [-0.39, 0.29) is 0 Å². The first-order valence-electron chi connectivity index (χ1n) is 5.65. The van der Waals surface area contributed by atoms with Gasteiger partial charge < -0.3 is 9.47 Å². The summed E-state index contributed by atoms with van der Waals surface area (Å²) in [5.41, 5.74) is 3.55. The van der Waals surface area contributed by atoms with Crippen molar-refractivity contribution in [3.63, 3.8) is 0 Å². The molecular weight excluding hydrogens is 292 g/mol. The Hall–Kier alpha value is -1.48. The van der Waals surface area contributed by atoms with E-state index >= 15 is 0 Å². The topological polar surface area (TPSA) is 18.5 Å². The molecule has 0 amide bonds. The maximum Gasteiger partial charge on any atom is 0.161 e. The van der Waals surface area contributed by atoms with E-state index < -0.39 is 0 Å². The van der Waals surface area contributed by atoms with Crippen molar-refractivity contribution in [2.45, 2.75) is 5.33 Å². The smallest absolute Gasteiger partial charge is 0.161 e. The van der Waals surface area contributed by atoms with E-state index in [1.807, 2.05) is 18.2 Å². The fourth-order valence-corrected chi connectivity index (χ4v) is 2.18. The fourth-order valence-electron chi connectivity index (χ4n) is 1.80. The molecule has 0 aliphatic carbocycles. The van der Waals surface area contributed by atoms with E-state index in [1.165, 1.54) is 11.1 Å². The Morgan fingerprint density at radius 1 is 0.833 bits per heavy atom. The molecule has 0 aliphatic rings. The molecule has 0 radical (unpaired) electrons. The zero-order chi connectivity index (χ0) is 13.0. The monoisotopic (exact) mass is 306 g/mol. The summed E-state index contributed by atoms with van der Waals surface area (Å²) in [4.78, 5) is 0. The maximum atomic E-state index is 5.31. The fraction of sp³-hybridized carbons (Fsp3) is 0.200. The van der Waals surface area contributed by atoms with Crippen LogP contribution in [0.15, 0.2) is 42.5 Å². The third-order valence-electron chi connectivity index (χ3n) is 2.83. The molecule has 94 valence electrons. The molecule has 0 N–H and O–H groups in total. The molecule has 0 fully saturated rings. The van der Waals surface area contributed by atoms with Crippen molar-refractivity contribution in [2.24, 2.45) is 0 Å². The third-order valence-corrected chi connectivity index (χ3v) is 3.47. The standard InChI is InChI=1S/C15H15BrO2/c1-17-14-8-7-13(9-15(14)18-2)12-5-3-11(10-16)4-6-12/h3-9H,10H2,1-2H3. The van der Waals surface area contributed by atoms with Crippen molar-refractivity contribution in [3.05, 3.63) is 48.0 Å². The predicted octanol–water partition coefficient (Wildman–Crippen LogP) is 4.27. The summed E-state index contributed by atoms with van der Waals surface area (Å²) in [5.74, 6) is 1.50. The Balaban J connectivity index is 2.37. The first kappa shape index (κ1) is 13.0. The molecular formula is C15H15BrO2. The van der Waals surface area contributed by atoms with Gasteiger partial charge in [0.25, 0.3) is 0 Å². The Kier molecular flexibility index (Phi) is 4.26. The predicted molar refractivity (Wildman–Crippen MR) is 77.6 cm³/mol. The van der Waals surface area contributed by atoms with Crippen molar-refractivity contribution in [1.82, 2.24) is 0 Å². The van der Waals surface area contributed by atoms with Gasteiger partial charge in [-0.05, 0) is 28.8 Å². The van der Waals surface area contributed by atoms with Crippen LogP contribution in [0.25, 0.3) is 11.1 Å². The summed E-state index contributed by atoms with van der Waals surface area (Å²) >= 11 is 3.44. The lowest BCUT2D eigenvalue weighted by Crippen LogP contribution is -1.90. The second kappa shape index (κ2) is 5.91. The number of rotatable bonds is 4. The minimum atomic E-state index is 0.748. The number of hydrogen-bond acceptors (Lipinski definition) is 2. The van der Waals surface area contributed by atoms with Gasteiger partial charge in [0.05, 0.1) is 14.2 Å². The van der Waals surface area contributed by atoms with Crippen molar-refractivity contribution in [2.75, 3.05) is 14.2 Å². The van der Waals surface area contributed by atoms with Gasteiger partial charge in [0, 0.05) is 5.33 Å². The minimum absolute atomic E-state index is 0.748. The molecule has 0 spiro atoms. The third kappa shape index (κ3) is 2.67. The highest BCUT2D eigenvalue weighted by Crippen LogP contribution is 2.32. The van der Waals surface area contributed by atoms with E-state index in [0.29, 0.717) is 0 Å². The number of methoxy groups -OCH3 is 2. The van der Waals surface area contributed by atoms with Gasteiger partial charge in [0.1, 0.15) is 0 Å². The molecule has 0 heterocycles. The van der Waals surface area contributed by atoms with Crippen LogP contribution in [0.5, 0.6) is 11.5 Å². The number of alkyl halides is 1. The minimum Gasteiger partial charge on any atom is -0.493 e. The highest BCUT2D eigenvalue weighted by atomic mass is 79.9. The zero-order valence-electron chi connectivity index (χ0n) is 10.4. The van der Waals surface area contributed by atoms with Crippen LogP contribution in [0.1, 0.15) is 5.56 Å². The van der Waals surface area contributed by atoms with Crippen molar-refractivity contribution < 1.29 is 9.47 Å². The van der Waals surface area contributed by atoms with E-state index in [4.69, 9.17) is 9.47 Å². The molecule has 0 saturated carbocycles. The zero-order valence-corrected chi connectivity index (χ0v) is 12.0. The van der Waals surface area contributed by atoms with Crippen molar-refractivity contribution in [1.29, 1.82) is 0 Å². The van der Waals surface area contributed by atoms with Crippen molar-refractivity contribution in [3.8, 4) is 22.6 Å². The first-order chi connectivity index (χ1) is 8.78. The highest BCUT2D eigenvalue weighted by Gasteiger charge is 2.05. The lowest BCUT2D eigenvalue weighted by atomic mass is 10.0.